The van der Waals surface area contributed by atoms with Crippen LogP contribution in [0.2, 0.25) is 0 Å². The molecule has 0 saturated carbocycles. The van der Waals surface area contributed by atoms with Gasteiger partial charge in [0.25, 0.3) is 0 Å². The van der Waals surface area contributed by atoms with Crippen molar-refractivity contribution >= 4 is 70.2 Å². The maximum Gasteiger partial charge on any atom is 0.311 e. The van der Waals surface area contributed by atoms with Crippen LogP contribution >= 0.6 is 0 Å². The number of carbonyl (C=O) groups excluding carboxylic acids is 4. The van der Waals surface area contributed by atoms with E-state index in [2.05, 4.69) is 78.1 Å². The topological polar surface area (TPSA) is 176 Å². The van der Waals surface area contributed by atoms with E-state index in [-0.39, 0.29) is 47.5 Å². The number of H-pyrrole nitrogens is 2. The molecule has 4 saturated heterocycles. The molecule has 482 valence electrons. The molecule has 3 aromatic heterocycles. The minimum absolute atomic E-state index is 0.163. The molecule has 8 bridgehead atoms. The van der Waals surface area contributed by atoms with Gasteiger partial charge in [0.1, 0.15) is 0 Å². The number of likely N-dealkylation sites (tertiary alicyclic amines) is 4. The maximum absolute atomic E-state index is 12.7. The largest absolute Gasteiger partial charge is 0.465 e. The predicted octanol–water partition coefficient (Wildman–Crippen LogP) is 13.3. The standard InChI is InChI=1S/C72H106N8O8/c1-69(2,3)65(81)85-41-17-37-77-33-13-21-49(45-77)61-53-25-27-55(73-53)62(50-22-14-34-78(46-50)38-18-42-86-66(82)70(4,5)6)57-29-31-59(75-57)64(52-24-16-36-80(48-52)40-20-44-88-68(84)72(10,11)12)60-32-30-58(76-60)63(56-28-26-54(61)74-56)51-23-15-35-79(47-51)39-19-43-87-67(83)71(7,8)9/h25-32,49-52,73-74H,13-24,33-48H2,1-12H3. The van der Waals surface area contributed by atoms with Crippen LogP contribution in [0.3, 0.4) is 0 Å². The Hall–Kier alpha value is -5.68. The minimum atomic E-state index is -0.540. The summed E-state index contributed by atoms with van der Waals surface area (Å²) < 4.78 is 23.0. The molecule has 9 heterocycles. The molecule has 0 spiro atoms. The summed E-state index contributed by atoms with van der Waals surface area (Å²) in [4.78, 5) is 81.0. The van der Waals surface area contributed by atoms with E-state index < -0.39 is 21.7 Å². The number of piperidine rings is 4. The zero-order valence-electron chi connectivity index (χ0n) is 55.7. The molecule has 2 N–H and O–H groups in total. The first-order valence-corrected chi connectivity index (χ1v) is 33.5. The van der Waals surface area contributed by atoms with E-state index in [4.69, 9.17) is 28.9 Å². The van der Waals surface area contributed by atoms with Gasteiger partial charge < -0.3 is 48.5 Å². The summed E-state index contributed by atoms with van der Waals surface area (Å²) in [7, 11) is 0. The van der Waals surface area contributed by atoms with Gasteiger partial charge in [-0.2, -0.15) is 0 Å². The Morgan fingerprint density at radius 1 is 0.386 bits per heavy atom. The average molecular weight is 1210 g/mol. The lowest BCUT2D eigenvalue weighted by Gasteiger charge is -2.34. The lowest BCUT2D eigenvalue weighted by Crippen LogP contribution is -2.36. The number of ether oxygens (including phenoxy) is 4. The van der Waals surface area contributed by atoms with Crippen molar-refractivity contribution in [1.82, 2.24) is 39.5 Å². The van der Waals surface area contributed by atoms with Crippen LogP contribution in [0.15, 0.2) is 24.3 Å². The fraction of sp³-hybridized carbons (Fsp3) is 0.667. The number of aromatic nitrogens is 4. The molecule has 6 aliphatic rings. The van der Waals surface area contributed by atoms with Gasteiger partial charge in [0.05, 0.1) is 70.9 Å². The minimum Gasteiger partial charge on any atom is -0.465 e. The quantitative estimate of drug-likeness (QED) is 0.0428. The maximum atomic E-state index is 12.7. The van der Waals surface area contributed by atoms with Crippen molar-refractivity contribution in [3.8, 4) is 0 Å². The summed E-state index contributed by atoms with van der Waals surface area (Å²) in [5, 5.41) is 0. The van der Waals surface area contributed by atoms with Crippen molar-refractivity contribution in [2.24, 2.45) is 21.7 Å². The molecular formula is C72H106N8O8. The zero-order chi connectivity index (χ0) is 63.0. The predicted molar refractivity (Wildman–Crippen MR) is 353 cm³/mol. The molecule has 4 fully saturated rings. The third-order valence-electron chi connectivity index (χ3n) is 18.4. The van der Waals surface area contributed by atoms with Gasteiger partial charge in [-0.05, 0) is 235 Å². The van der Waals surface area contributed by atoms with Gasteiger partial charge in [0.15, 0.2) is 0 Å². The summed E-state index contributed by atoms with van der Waals surface area (Å²) in [6.07, 6.45) is 20.4. The van der Waals surface area contributed by atoms with Crippen molar-refractivity contribution in [2.45, 2.75) is 184 Å². The second-order valence-electron chi connectivity index (χ2n) is 30.2. The third kappa shape index (κ3) is 17.4. The van der Waals surface area contributed by atoms with E-state index in [0.29, 0.717) is 26.4 Å². The third-order valence-corrected chi connectivity index (χ3v) is 18.4. The molecule has 0 amide bonds. The molecule has 4 atom stereocenters. The fourth-order valence-electron chi connectivity index (χ4n) is 13.7. The van der Waals surface area contributed by atoms with Crippen molar-refractivity contribution in [2.75, 3.05) is 105 Å². The summed E-state index contributed by atoms with van der Waals surface area (Å²) in [5.41, 5.74) is 11.1. The molecular weight excluding hydrogens is 1100 g/mol. The first kappa shape index (κ1) is 66.7. The highest BCUT2D eigenvalue weighted by molar-refractivity contribution is 5.85. The summed E-state index contributed by atoms with van der Waals surface area (Å²) in [6, 6.07) is 9.24. The van der Waals surface area contributed by atoms with Crippen LogP contribution in [0.1, 0.15) is 229 Å². The summed E-state index contributed by atoms with van der Waals surface area (Å²) in [6.45, 7) is 35.2. The van der Waals surface area contributed by atoms with Crippen LogP contribution in [0.4, 0.5) is 0 Å². The molecule has 3 aromatic rings. The van der Waals surface area contributed by atoms with Gasteiger partial charge in [0, 0.05) is 120 Å². The SMILES string of the molecule is CC(C)(C)C(=O)OCCCN1CCCC(c2c3nc(c(C4CCCN(CCCOC(=O)C(C)(C)C)C4)c4ccc([nH]4)c(C4CCCN(CCCOC(=O)C(C)(C)C)C4)c4ccc([nH]4)c(C4CCCN(CCCOC(=O)C(C)(C)C)C4)c4nc2C=C4)C=C3)C1. The number of esters is 4. The van der Waals surface area contributed by atoms with E-state index in [1.165, 1.54) is 22.3 Å². The van der Waals surface area contributed by atoms with Gasteiger partial charge in [0.2, 0.25) is 0 Å². The van der Waals surface area contributed by atoms with Crippen molar-refractivity contribution in [3.05, 3.63) is 69.3 Å². The van der Waals surface area contributed by atoms with Gasteiger partial charge in [-0.1, -0.05) is 0 Å². The van der Waals surface area contributed by atoms with Crippen LogP contribution in [0.5, 0.6) is 0 Å². The monoisotopic (exact) mass is 1210 g/mol. The Morgan fingerprint density at radius 3 is 0.898 bits per heavy atom. The normalized spacial score (nSPS) is 21.1. The molecule has 16 heteroatoms. The number of carbonyl (C=O) groups is 4. The number of rotatable bonds is 20. The van der Waals surface area contributed by atoms with Crippen LogP contribution in [-0.4, -0.2) is 168 Å². The lowest BCUT2D eigenvalue weighted by atomic mass is 9.88. The summed E-state index contributed by atoms with van der Waals surface area (Å²) >= 11 is 0. The number of hydrogen-bond acceptors (Lipinski definition) is 14. The first-order chi connectivity index (χ1) is 41.8. The van der Waals surface area contributed by atoms with Gasteiger partial charge in [-0.3, -0.25) is 19.2 Å². The van der Waals surface area contributed by atoms with E-state index in [9.17, 15) is 19.2 Å². The van der Waals surface area contributed by atoms with E-state index in [0.717, 1.165) is 200 Å². The second-order valence-corrected chi connectivity index (χ2v) is 30.2. The molecule has 4 unspecified atom stereocenters. The van der Waals surface area contributed by atoms with E-state index >= 15 is 0 Å². The molecule has 0 aliphatic carbocycles. The number of nitrogens with one attached hydrogen (secondary N) is 2. The second kappa shape index (κ2) is 29.1. The van der Waals surface area contributed by atoms with Crippen molar-refractivity contribution < 1.29 is 38.1 Å². The molecule has 0 radical (unpaired) electrons. The van der Waals surface area contributed by atoms with Crippen LogP contribution in [0.25, 0.3) is 46.4 Å². The number of aromatic amines is 2. The highest BCUT2D eigenvalue weighted by Gasteiger charge is 2.34. The van der Waals surface area contributed by atoms with Crippen LogP contribution < -0.4 is 0 Å². The Bertz CT molecular complexity index is 3010. The zero-order valence-corrected chi connectivity index (χ0v) is 55.7. The Morgan fingerprint density at radius 2 is 0.625 bits per heavy atom. The lowest BCUT2D eigenvalue weighted by molar-refractivity contribution is -0.153. The Kier molecular flexibility index (Phi) is 22.1. The molecule has 6 aliphatic heterocycles. The van der Waals surface area contributed by atoms with Crippen molar-refractivity contribution in [3.63, 3.8) is 0 Å². The Balaban J connectivity index is 1.15. The van der Waals surface area contributed by atoms with Gasteiger partial charge in [-0.15, -0.1) is 0 Å². The molecule has 0 aromatic carbocycles. The Labute approximate surface area is 525 Å². The van der Waals surface area contributed by atoms with E-state index in [1.807, 2.05) is 83.1 Å². The van der Waals surface area contributed by atoms with Gasteiger partial charge >= 0.3 is 23.9 Å². The van der Waals surface area contributed by atoms with Gasteiger partial charge in [-0.25, -0.2) is 9.97 Å². The highest BCUT2D eigenvalue weighted by Crippen LogP contribution is 2.41. The smallest absolute Gasteiger partial charge is 0.311 e. The van der Waals surface area contributed by atoms with Crippen molar-refractivity contribution in [1.29, 1.82) is 0 Å². The van der Waals surface area contributed by atoms with Crippen LogP contribution in [0, 0.1) is 21.7 Å². The van der Waals surface area contributed by atoms with Crippen LogP contribution in [-0.2, 0) is 38.1 Å². The first-order valence-electron chi connectivity index (χ1n) is 33.5. The molecule has 16 nitrogen and oxygen atoms in total. The average Bonchev–Trinajstić information content (AvgIpc) is 4.45. The highest BCUT2D eigenvalue weighted by atomic mass is 16.5. The van der Waals surface area contributed by atoms with E-state index in [1.54, 1.807) is 0 Å². The summed E-state index contributed by atoms with van der Waals surface area (Å²) in [5.74, 6) is 0.0900. The molecule has 9 rings (SSSR count). The molecule has 88 heavy (non-hydrogen) atoms. The fourth-order valence-corrected chi connectivity index (χ4v) is 13.7. The number of nitrogens with zero attached hydrogens (tertiary/aromatic N) is 6. The number of hydrogen-bond donors (Lipinski definition) is 2. The number of fused-ring (bicyclic) bond motifs is 8.